The smallest absolute Gasteiger partial charge is 0.260 e. The molecule has 0 aliphatic carbocycles. The number of aromatic nitrogens is 3. The van der Waals surface area contributed by atoms with Gasteiger partial charge in [-0.05, 0) is 62.3 Å². The van der Waals surface area contributed by atoms with Gasteiger partial charge >= 0.3 is 0 Å². The van der Waals surface area contributed by atoms with Crippen LogP contribution in [0.5, 0.6) is 0 Å². The van der Waals surface area contributed by atoms with E-state index in [9.17, 15) is 27.1 Å². The molecule has 0 unspecified atom stereocenters. The molecule has 0 spiro atoms. The van der Waals surface area contributed by atoms with Crippen molar-refractivity contribution in [2.75, 3.05) is 27.2 Å². The van der Waals surface area contributed by atoms with Gasteiger partial charge in [0.1, 0.15) is 22.9 Å². The maximum Gasteiger partial charge on any atom is 0.260 e. The number of amides is 1. The highest BCUT2D eigenvalue weighted by molar-refractivity contribution is 7.89. The highest BCUT2D eigenvalue weighted by Crippen LogP contribution is 2.36. The van der Waals surface area contributed by atoms with E-state index in [1.165, 1.54) is 30.8 Å². The molecule has 1 aliphatic rings. The van der Waals surface area contributed by atoms with Crippen LogP contribution < -0.4 is 10.0 Å². The molecular weight excluding hydrogens is 602 g/mol. The number of aliphatic hydroxyl groups is 1. The number of piperidine rings is 1. The second kappa shape index (κ2) is 12.6. The summed E-state index contributed by atoms with van der Waals surface area (Å²) in [5, 5.41) is 18.4. The van der Waals surface area contributed by atoms with E-state index in [0.29, 0.717) is 59.3 Å². The Kier molecular flexibility index (Phi) is 9.04. The number of halogens is 2. The third-order valence-electron chi connectivity index (χ3n) is 7.88. The monoisotopic (exact) mass is 636 g/mol. The van der Waals surface area contributed by atoms with Gasteiger partial charge in [0.15, 0.2) is 5.03 Å². The maximum atomic E-state index is 14.2. The molecule has 0 bridgehead atoms. The zero-order chi connectivity index (χ0) is 32.5. The lowest BCUT2D eigenvalue weighted by molar-refractivity contribution is -0.119. The van der Waals surface area contributed by atoms with Crippen molar-refractivity contribution in [1.29, 1.82) is 0 Å². The Hall–Kier alpha value is -4.22. The van der Waals surface area contributed by atoms with E-state index in [1.807, 2.05) is 7.05 Å². The van der Waals surface area contributed by atoms with Crippen LogP contribution in [0.2, 0.25) is 0 Å². The molecule has 236 valence electrons. The molecule has 3 N–H and O–H groups in total. The van der Waals surface area contributed by atoms with Crippen molar-refractivity contribution in [2.45, 2.75) is 42.9 Å². The van der Waals surface area contributed by atoms with Gasteiger partial charge in [0.2, 0.25) is 5.91 Å². The topological polar surface area (TPSA) is 129 Å². The number of nitrogens with one attached hydrogen (secondary N) is 2. The van der Waals surface area contributed by atoms with Crippen LogP contribution in [0.3, 0.4) is 0 Å². The molecule has 5 rings (SSSR count). The van der Waals surface area contributed by atoms with Crippen molar-refractivity contribution in [3.05, 3.63) is 77.1 Å². The molecule has 3 heterocycles. The predicted octanol–water partition coefficient (Wildman–Crippen LogP) is 3.05. The van der Waals surface area contributed by atoms with E-state index in [4.69, 9.17) is 4.98 Å². The minimum Gasteiger partial charge on any atom is -0.377 e. The van der Waals surface area contributed by atoms with Crippen LogP contribution in [0.4, 0.5) is 8.78 Å². The van der Waals surface area contributed by atoms with Gasteiger partial charge in [-0.3, -0.25) is 9.48 Å². The minimum absolute atomic E-state index is 0.0117. The van der Waals surface area contributed by atoms with Gasteiger partial charge in [0, 0.05) is 62.5 Å². The standard InChI is InChI=1S/C32H34F2N6O4S/c1-20(41)36-28(18-21-16-22(33)19-23(34)17-21)29-25(9-8-24(37-29)10-11-32(42)12-14-39(3)15-13-32)26-6-5-7-27-30(26)40(4)38-31(27)45(43,44)35-2/h5-9,16-17,19,28,35,42H,12-15,18H2,1-4H3,(H,36,41)/t28-/m0/s1. The average Bonchev–Trinajstić information content (AvgIpc) is 3.34. The Labute approximate surface area is 260 Å². The lowest BCUT2D eigenvalue weighted by Gasteiger charge is -2.32. The van der Waals surface area contributed by atoms with E-state index >= 15 is 0 Å². The lowest BCUT2D eigenvalue weighted by atomic mass is 9.92. The van der Waals surface area contributed by atoms with Crippen molar-refractivity contribution >= 4 is 26.8 Å². The van der Waals surface area contributed by atoms with Crippen LogP contribution in [0, 0.1) is 23.5 Å². The molecule has 0 radical (unpaired) electrons. The third kappa shape index (κ3) is 7.04. The first-order valence-corrected chi connectivity index (χ1v) is 15.8. The van der Waals surface area contributed by atoms with E-state index in [-0.39, 0.29) is 17.0 Å². The highest BCUT2D eigenvalue weighted by Gasteiger charge is 2.30. The van der Waals surface area contributed by atoms with Crippen molar-refractivity contribution in [1.82, 2.24) is 29.7 Å². The molecule has 1 amide bonds. The Morgan fingerprint density at radius 3 is 2.42 bits per heavy atom. The number of hydrogen-bond acceptors (Lipinski definition) is 7. The van der Waals surface area contributed by atoms with Crippen LogP contribution in [-0.2, 0) is 28.3 Å². The summed E-state index contributed by atoms with van der Waals surface area (Å²) in [6, 6.07) is 10.8. The maximum absolute atomic E-state index is 14.2. The number of carbonyl (C=O) groups excluding carboxylic acids is 1. The molecule has 1 atom stereocenters. The van der Waals surface area contributed by atoms with Crippen molar-refractivity contribution in [3.63, 3.8) is 0 Å². The number of rotatable bonds is 7. The van der Waals surface area contributed by atoms with Gasteiger partial charge in [-0.1, -0.05) is 18.1 Å². The molecule has 1 saturated heterocycles. The number of para-hydroxylation sites is 1. The van der Waals surface area contributed by atoms with Crippen LogP contribution in [-0.4, -0.2) is 71.9 Å². The molecule has 1 aliphatic heterocycles. The summed E-state index contributed by atoms with van der Waals surface area (Å²) < 4.78 is 57.7. The van der Waals surface area contributed by atoms with Crippen LogP contribution in [0.15, 0.2) is 53.6 Å². The largest absolute Gasteiger partial charge is 0.377 e. The quantitative estimate of drug-likeness (QED) is 0.266. The first kappa shape index (κ1) is 32.2. The fourth-order valence-corrected chi connectivity index (χ4v) is 6.45. The Morgan fingerprint density at radius 2 is 1.78 bits per heavy atom. The van der Waals surface area contributed by atoms with Gasteiger partial charge in [-0.25, -0.2) is 26.9 Å². The zero-order valence-electron chi connectivity index (χ0n) is 25.4. The van der Waals surface area contributed by atoms with Crippen LogP contribution >= 0.6 is 0 Å². The first-order valence-electron chi connectivity index (χ1n) is 14.4. The summed E-state index contributed by atoms with van der Waals surface area (Å²) in [6.07, 6.45) is 0.936. The normalized spacial score (nSPS) is 15.8. The Morgan fingerprint density at radius 1 is 1.09 bits per heavy atom. The third-order valence-corrected chi connectivity index (χ3v) is 9.22. The van der Waals surface area contributed by atoms with Gasteiger partial charge in [0.25, 0.3) is 10.0 Å². The number of hydrogen-bond donors (Lipinski definition) is 3. The average molecular weight is 637 g/mol. The number of pyridine rings is 1. The van der Waals surface area contributed by atoms with E-state index in [2.05, 4.69) is 31.9 Å². The van der Waals surface area contributed by atoms with Crippen molar-refractivity contribution in [2.24, 2.45) is 7.05 Å². The molecule has 2 aromatic carbocycles. The summed E-state index contributed by atoms with van der Waals surface area (Å²) in [5.74, 6) is 4.04. The predicted molar refractivity (Wildman–Crippen MR) is 165 cm³/mol. The van der Waals surface area contributed by atoms with E-state index in [1.54, 1.807) is 37.4 Å². The molecule has 0 saturated carbocycles. The minimum atomic E-state index is -3.90. The summed E-state index contributed by atoms with van der Waals surface area (Å²) in [5.41, 5.74) is 1.34. The molecule has 2 aromatic heterocycles. The summed E-state index contributed by atoms with van der Waals surface area (Å²) in [7, 11) is 1.00. The van der Waals surface area contributed by atoms with Crippen LogP contribution in [0.25, 0.3) is 22.0 Å². The molecule has 4 aromatic rings. The molecular formula is C32H34F2N6O4S. The summed E-state index contributed by atoms with van der Waals surface area (Å²) in [6.45, 7) is 2.71. The number of nitrogens with zero attached hydrogens (tertiary/aromatic N) is 4. The SMILES string of the molecule is CNS(=O)(=O)c1nn(C)c2c(-c3ccc(C#CC4(O)CCN(C)CC4)nc3[C@H](Cc3cc(F)cc(F)c3)NC(C)=O)cccc12. The zero-order valence-corrected chi connectivity index (χ0v) is 26.2. The Bertz CT molecular complexity index is 1920. The molecule has 45 heavy (non-hydrogen) atoms. The Balaban J connectivity index is 1.71. The van der Waals surface area contributed by atoms with Gasteiger partial charge < -0.3 is 15.3 Å². The fraction of sp³-hybridized carbons (Fsp3) is 0.344. The lowest BCUT2D eigenvalue weighted by Crippen LogP contribution is -2.41. The van der Waals surface area contributed by atoms with Crippen LogP contribution in [0.1, 0.15) is 42.8 Å². The molecule has 10 nitrogen and oxygen atoms in total. The van der Waals surface area contributed by atoms with Gasteiger partial charge in [0.05, 0.1) is 17.3 Å². The second-order valence-electron chi connectivity index (χ2n) is 11.3. The number of carbonyl (C=O) groups is 1. The molecule has 13 heteroatoms. The molecule has 1 fully saturated rings. The number of sulfonamides is 1. The van der Waals surface area contributed by atoms with Gasteiger partial charge in [-0.2, -0.15) is 5.10 Å². The van der Waals surface area contributed by atoms with Crippen molar-refractivity contribution < 1.29 is 27.1 Å². The number of aryl methyl sites for hydroxylation is 1. The fourth-order valence-electron chi connectivity index (χ4n) is 5.58. The number of benzene rings is 2. The van der Waals surface area contributed by atoms with Crippen molar-refractivity contribution in [3.8, 4) is 23.0 Å². The number of likely N-dealkylation sites (tertiary alicyclic amines) is 1. The number of fused-ring (bicyclic) bond motifs is 1. The summed E-state index contributed by atoms with van der Waals surface area (Å²) in [4.78, 5) is 19.4. The first-order chi connectivity index (χ1) is 21.3. The van der Waals surface area contributed by atoms with E-state index in [0.717, 1.165) is 6.07 Å². The van der Waals surface area contributed by atoms with Gasteiger partial charge in [-0.15, -0.1) is 0 Å². The highest BCUT2D eigenvalue weighted by atomic mass is 32.2. The summed E-state index contributed by atoms with van der Waals surface area (Å²) >= 11 is 0. The van der Waals surface area contributed by atoms with E-state index < -0.39 is 39.2 Å². The second-order valence-corrected chi connectivity index (χ2v) is 13.1.